The van der Waals surface area contributed by atoms with E-state index in [0.717, 1.165) is 24.3 Å². The Morgan fingerprint density at radius 2 is 2.12 bits per heavy atom. The number of nitrogens with one attached hydrogen (secondary N) is 2. The number of urea groups is 1. The van der Waals surface area contributed by atoms with Gasteiger partial charge in [-0.2, -0.15) is 0 Å². The summed E-state index contributed by atoms with van der Waals surface area (Å²) in [6.07, 6.45) is 4.52. The number of aromatic amines is 1. The standard InChI is InChI=1S/C19H25N5O/c1-14-16(17-6-4-5-7-18(17)22-14)8-9-21-19(25)23(3)12-13-24-11-10-20-15(24)2/h4-7,10-11,22H,8-9,12-13H2,1-3H3,(H,21,25). The van der Waals surface area contributed by atoms with Crippen molar-refractivity contribution in [2.24, 2.45) is 0 Å². The summed E-state index contributed by atoms with van der Waals surface area (Å²) in [5, 5.41) is 4.24. The van der Waals surface area contributed by atoms with Gasteiger partial charge in [-0.05, 0) is 31.9 Å². The maximum absolute atomic E-state index is 12.2. The van der Waals surface area contributed by atoms with Gasteiger partial charge < -0.3 is 19.8 Å². The molecule has 25 heavy (non-hydrogen) atoms. The van der Waals surface area contributed by atoms with E-state index in [9.17, 15) is 4.79 Å². The molecule has 0 aliphatic rings. The lowest BCUT2D eigenvalue weighted by atomic mass is 10.1. The second-order valence-corrected chi connectivity index (χ2v) is 6.35. The summed E-state index contributed by atoms with van der Waals surface area (Å²) < 4.78 is 2.04. The number of carbonyl (C=O) groups excluding carboxylic acids is 1. The second-order valence-electron chi connectivity index (χ2n) is 6.35. The van der Waals surface area contributed by atoms with Gasteiger partial charge in [0.1, 0.15) is 5.82 Å². The first kappa shape index (κ1) is 17.1. The lowest BCUT2D eigenvalue weighted by Crippen LogP contribution is -2.39. The normalized spacial score (nSPS) is 11.0. The fraction of sp³-hybridized carbons (Fsp3) is 0.368. The quantitative estimate of drug-likeness (QED) is 0.725. The number of fused-ring (bicyclic) bond motifs is 1. The molecule has 0 atom stereocenters. The second kappa shape index (κ2) is 7.42. The van der Waals surface area contributed by atoms with Crippen LogP contribution in [0.2, 0.25) is 0 Å². The third-order valence-electron chi connectivity index (χ3n) is 4.62. The van der Waals surface area contributed by atoms with Gasteiger partial charge in [0.05, 0.1) is 0 Å². The van der Waals surface area contributed by atoms with E-state index in [1.165, 1.54) is 16.6 Å². The molecule has 0 spiro atoms. The van der Waals surface area contributed by atoms with Crippen LogP contribution in [-0.2, 0) is 13.0 Å². The van der Waals surface area contributed by atoms with Gasteiger partial charge >= 0.3 is 6.03 Å². The highest BCUT2D eigenvalue weighted by Crippen LogP contribution is 2.21. The van der Waals surface area contributed by atoms with Crippen molar-refractivity contribution in [2.45, 2.75) is 26.8 Å². The average molecular weight is 339 g/mol. The van der Waals surface area contributed by atoms with Crippen LogP contribution in [-0.4, -0.2) is 45.6 Å². The van der Waals surface area contributed by atoms with Crippen LogP contribution in [0.15, 0.2) is 36.7 Å². The number of imidazole rings is 1. The Labute approximate surface area is 147 Å². The molecule has 0 saturated carbocycles. The number of hydrogen-bond donors (Lipinski definition) is 2. The molecule has 0 aliphatic carbocycles. The molecule has 0 saturated heterocycles. The molecule has 2 N–H and O–H groups in total. The number of likely N-dealkylation sites (N-methyl/N-ethyl adjacent to an activating group) is 1. The van der Waals surface area contributed by atoms with Crippen LogP contribution in [0.4, 0.5) is 4.79 Å². The monoisotopic (exact) mass is 339 g/mol. The number of amides is 2. The SMILES string of the molecule is Cc1[nH]c2ccccc2c1CCNC(=O)N(C)CCn1ccnc1C. The van der Waals surface area contributed by atoms with E-state index in [1.54, 1.807) is 11.1 Å². The Balaban J connectivity index is 1.50. The lowest BCUT2D eigenvalue weighted by Gasteiger charge is -2.18. The van der Waals surface area contributed by atoms with E-state index in [1.807, 2.05) is 36.9 Å². The molecule has 1 aromatic carbocycles. The van der Waals surface area contributed by atoms with E-state index >= 15 is 0 Å². The molecule has 3 rings (SSSR count). The van der Waals surface area contributed by atoms with Crippen LogP contribution in [0.3, 0.4) is 0 Å². The fourth-order valence-corrected chi connectivity index (χ4v) is 3.09. The molecular weight excluding hydrogens is 314 g/mol. The van der Waals surface area contributed by atoms with Gasteiger partial charge in [0.25, 0.3) is 0 Å². The number of hydrogen-bond acceptors (Lipinski definition) is 2. The molecule has 6 heteroatoms. The predicted octanol–water partition coefficient (Wildman–Crippen LogP) is 2.87. The summed E-state index contributed by atoms with van der Waals surface area (Å²) in [5.41, 5.74) is 3.58. The summed E-state index contributed by atoms with van der Waals surface area (Å²) in [4.78, 5) is 21.5. The van der Waals surface area contributed by atoms with Crippen molar-refractivity contribution in [2.75, 3.05) is 20.1 Å². The van der Waals surface area contributed by atoms with Gasteiger partial charge in [0, 0.05) is 55.7 Å². The van der Waals surface area contributed by atoms with Crippen molar-refractivity contribution in [1.29, 1.82) is 0 Å². The zero-order valence-electron chi connectivity index (χ0n) is 15.0. The summed E-state index contributed by atoms with van der Waals surface area (Å²) in [5.74, 6) is 0.962. The maximum Gasteiger partial charge on any atom is 0.317 e. The van der Waals surface area contributed by atoms with Crippen molar-refractivity contribution in [3.05, 3.63) is 53.7 Å². The van der Waals surface area contributed by atoms with Crippen molar-refractivity contribution in [3.63, 3.8) is 0 Å². The minimum atomic E-state index is -0.0461. The van der Waals surface area contributed by atoms with Crippen LogP contribution in [0, 0.1) is 13.8 Å². The molecule has 2 aromatic heterocycles. The summed E-state index contributed by atoms with van der Waals surface area (Å²) in [7, 11) is 1.82. The summed E-state index contributed by atoms with van der Waals surface area (Å²) in [6.45, 7) is 6.06. The van der Waals surface area contributed by atoms with Gasteiger partial charge in [-0.3, -0.25) is 0 Å². The van der Waals surface area contributed by atoms with Crippen LogP contribution in [0.1, 0.15) is 17.1 Å². The van der Waals surface area contributed by atoms with Crippen molar-refractivity contribution in [3.8, 4) is 0 Å². The van der Waals surface area contributed by atoms with Crippen LogP contribution >= 0.6 is 0 Å². The summed E-state index contributed by atoms with van der Waals surface area (Å²) in [6, 6.07) is 8.23. The molecular formula is C19H25N5O. The van der Waals surface area contributed by atoms with Gasteiger partial charge in [0.2, 0.25) is 0 Å². The fourth-order valence-electron chi connectivity index (χ4n) is 3.09. The Hall–Kier alpha value is -2.76. The number of benzene rings is 1. The highest BCUT2D eigenvalue weighted by molar-refractivity contribution is 5.84. The van der Waals surface area contributed by atoms with Gasteiger partial charge in [-0.1, -0.05) is 18.2 Å². The molecule has 6 nitrogen and oxygen atoms in total. The molecule has 0 fully saturated rings. The van der Waals surface area contributed by atoms with Crippen LogP contribution in [0.5, 0.6) is 0 Å². The molecule has 0 bridgehead atoms. The molecule has 0 radical (unpaired) electrons. The minimum absolute atomic E-state index is 0.0461. The number of nitrogens with zero attached hydrogens (tertiary/aromatic N) is 3. The number of para-hydroxylation sites is 1. The highest BCUT2D eigenvalue weighted by atomic mass is 16.2. The third kappa shape index (κ3) is 3.84. The van der Waals surface area contributed by atoms with E-state index in [2.05, 4.69) is 34.3 Å². The maximum atomic E-state index is 12.2. The Kier molecular flexibility index (Phi) is 5.07. The molecule has 132 valence electrons. The van der Waals surface area contributed by atoms with Crippen LogP contribution < -0.4 is 5.32 Å². The van der Waals surface area contributed by atoms with E-state index in [0.29, 0.717) is 13.1 Å². The smallest absolute Gasteiger partial charge is 0.317 e. The van der Waals surface area contributed by atoms with E-state index < -0.39 is 0 Å². The van der Waals surface area contributed by atoms with Crippen molar-refractivity contribution < 1.29 is 4.79 Å². The Morgan fingerprint density at radius 3 is 2.88 bits per heavy atom. The number of H-pyrrole nitrogens is 1. The average Bonchev–Trinajstić information content (AvgIpc) is 3.15. The highest BCUT2D eigenvalue weighted by Gasteiger charge is 2.11. The number of rotatable bonds is 6. The first-order valence-electron chi connectivity index (χ1n) is 8.59. The topological polar surface area (TPSA) is 66.0 Å². The number of aryl methyl sites for hydroxylation is 2. The molecule has 2 amide bonds. The first-order valence-corrected chi connectivity index (χ1v) is 8.59. The van der Waals surface area contributed by atoms with Crippen molar-refractivity contribution >= 4 is 16.9 Å². The number of aromatic nitrogens is 3. The molecule has 0 aliphatic heterocycles. The number of carbonyl (C=O) groups is 1. The Morgan fingerprint density at radius 1 is 1.32 bits per heavy atom. The molecule has 3 aromatic rings. The van der Waals surface area contributed by atoms with E-state index in [4.69, 9.17) is 0 Å². The third-order valence-corrected chi connectivity index (χ3v) is 4.62. The van der Waals surface area contributed by atoms with Gasteiger partial charge in [0.15, 0.2) is 0 Å². The lowest BCUT2D eigenvalue weighted by molar-refractivity contribution is 0.207. The van der Waals surface area contributed by atoms with Crippen molar-refractivity contribution in [1.82, 2.24) is 24.8 Å². The van der Waals surface area contributed by atoms with E-state index in [-0.39, 0.29) is 6.03 Å². The zero-order valence-corrected chi connectivity index (χ0v) is 15.0. The van der Waals surface area contributed by atoms with Gasteiger partial charge in [-0.15, -0.1) is 0 Å². The largest absolute Gasteiger partial charge is 0.358 e. The Bertz CT molecular complexity index is 864. The minimum Gasteiger partial charge on any atom is -0.358 e. The van der Waals surface area contributed by atoms with Crippen LogP contribution in [0.25, 0.3) is 10.9 Å². The zero-order chi connectivity index (χ0) is 17.8. The predicted molar refractivity (Wildman–Crippen MR) is 99.7 cm³/mol. The first-order chi connectivity index (χ1) is 12.1. The molecule has 2 heterocycles. The van der Waals surface area contributed by atoms with Gasteiger partial charge in [-0.25, -0.2) is 9.78 Å². The summed E-state index contributed by atoms with van der Waals surface area (Å²) >= 11 is 0. The molecule has 0 unspecified atom stereocenters.